The summed E-state index contributed by atoms with van der Waals surface area (Å²) >= 11 is 0. The quantitative estimate of drug-likeness (QED) is 0.884. The highest BCUT2D eigenvalue weighted by molar-refractivity contribution is 5.46. The smallest absolute Gasteiger partial charge is 0.0470 e. The second kappa shape index (κ2) is 7.20. The Kier molecular flexibility index (Phi) is 5.31. The van der Waals surface area contributed by atoms with Gasteiger partial charge >= 0.3 is 0 Å². The molecule has 0 saturated heterocycles. The molecule has 0 spiro atoms. The van der Waals surface area contributed by atoms with Gasteiger partial charge in [-0.3, -0.25) is 9.88 Å². The maximum absolute atomic E-state index is 5.99. The number of hydrogen-bond donors (Lipinski definition) is 1. The van der Waals surface area contributed by atoms with Gasteiger partial charge in [-0.15, -0.1) is 0 Å². The highest BCUT2D eigenvalue weighted by Gasteiger charge is 2.15. The minimum Gasteiger partial charge on any atom is -0.378 e. The highest BCUT2D eigenvalue weighted by atomic mass is 15.1. The van der Waals surface area contributed by atoms with E-state index in [1.165, 1.54) is 16.8 Å². The summed E-state index contributed by atoms with van der Waals surface area (Å²) in [6, 6.07) is 12.9. The summed E-state index contributed by atoms with van der Waals surface area (Å²) in [5.74, 6) is 0. The molecule has 0 aliphatic heterocycles. The van der Waals surface area contributed by atoms with E-state index >= 15 is 0 Å². The van der Waals surface area contributed by atoms with Crippen molar-refractivity contribution in [1.82, 2.24) is 9.88 Å². The van der Waals surface area contributed by atoms with Crippen LogP contribution in [-0.2, 0) is 6.54 Å². The van der Waals surface area contributed by atoms with Crippen LogP contribution in [0.15, 0.2) is 48.8 Å². The third-order valence-electron chi connectivity index (χ3n) is 3.73. The van der Waals surface area contributed by atoms with Crippen molar-refractivity contribution >= 4 is 5.69 Å². The van der Waals surface area contributed by atoms with E-state index < -0.39 is 0 Å². The molecule has 0 aliphatic rings. The molecule has 0 aliphatic carbocycles. The number of aromatic nitrogens is 1. The number of likely N-dealkylation sites (N-methyl/N-ethyl adjacent to an activating group) is 1. The number of nitrogens with zero attached hydrogens (tertiary/aromatic N) is 3. The van der Waals surface area contributed by atoms with Crippen LogP contribution in [0.3, 0.4) is 0 Å². The SMILES string of the molecule is CN(C)c1ccc(C(CN)N(C)Cc2ccncc2)cc1. The predicted octanol–water partition coefficient (Wildman–Crippen LogP) is 2.28. The molecular formula is C17H24N4. The summed E-state index contributed by atoms with van der Waals surface area (Å²) in [6.45, 7) is 1.46. The molecule has 112 valence electrons. The largest absolute Gasteiger partial charge is 0.378 e. The fourth-order valence-electron chi connectivity index (χ4n) is 2.45. The molecule has 2 aromatic rings. The zero-order valence-corrected chi connectivity index (χ0v) is 13.0. The molecule has 4 nitrogen and oxygen atoms in total. The normalized spacial score (nSPS) is 12.4. The molecule has 1 heterocycles. The molecule has 1 aromatic heterocycles. The fraction of sp³-hybridized carbons (Fsp3) is 0.353. The number of nitrogens with two attached hydrogens (primary N) is 1. The summed E-state index contributed by atoms with van der Waals surface area (Å²) in [7, 11) is 6.20. The lowest BCUT2D eigenvalue weighted by Gasteiger charge is -2.28. The Morgan fingerprint density at radius 1 is 1.00 bits per heavy atom. The van der Waals surface area contributed by atoms with Crippen LogP contribution in [0.2, 0.25) is 0 Å². The molecule has 0 saturated carbocycles. The summed E-state index contributed by atoms with van der Waals surface area (Å²) < 4.78 is 0. The molecule has 1 aromatic carbocycles. The van der Waals surface area contributed by atoms with Crippen molar-refractivity contribution in [2.45, 2.75) is 12.6 Å². The van der Waals surface area contributed by atoms with Gasteiger partial charge in [0.25, 0.3) is 0 Å². The Morgan fingerprint density at radius 3 is 2.14 bits per heavy atom. The second-order valence-electron chi connectivity index (χ2n) is 5.51. The lowest BCUT2D eigenvalue weighted by atomic mass is 10.0. The van der Waals surface area contributed by atoms with Crippen molar-refractivity contribution in [3.05, 3.63) is 59.9 Å². The first-order chi connectivity index (χ1) is 10.1. The molecule has 21 heavy (non-hydrogen) atoms. The van der Waals surface area contributed by atoms with Crippen LogP contribution >= 0.6 is 0 Å². The summed E-state index contributed by atoms with van der Waals surface area (Å²) in [5, 5.41) is 0. The van der Waals surface area contributed by atoms with Crippen LogP contribution in [0.25, 0.3) is 0 Å². The van der Waals surface area contributed by atoms with Crippen LogP contribution in [0.5, 0.6) is 0 Å². The van der Waals surface area contributed by atoms with E-state index in [4.69, 9.17) is 5.73 Å². The Labute approximate surface area is 127 Å². The summed E-state index contributed by atoms with van der Waals surface area (Å²) in [6.07, 6.45) is 3.65. The van der Waals surface area contributed by atoms with Crippen LogP contribution < -0.4 is 10.6 Å². The number of hydrogen-bond acceptors (Lipinski definition) is 4. The minimum atomic E-state index is 0.217. The van der Waals surface area contributed by atoms with Crippen LogP contribution in [0.1, 0.15) is 17.2 Å². The lowest BCUT2D eigenvalue weighted by Crippen LogP contribution is -2.30. The van der Waals surface area contributed by atoms with Crippen molar-refractivity contribution in [2.75, 3.05) is 32.6 Å². The number of benzene rings is 1. The highest BCUT2D eigenvalue weighted by Crippen LogP contribution is 2.22. The van der Waals surface area contributed by atoms with E-state index in [-0.39, 0.29) is 6.04 Å². The van der Waals surface area contributed by atoms with Crippen LogP contribution in [-0.4, -0.2) is 37.6 Å². The molecule has 1 unspecified atom stereocenters. The van der Waals surface area contributed by atoms with Crippen molar-refractivity contribution in [3.63, 3.8) is 0 Å². The standard InChI is InChI=1S/C17H24N4/c1-20(2)16-6-4-15(5-7-16)17(12-18)21(3)13-14-8-10-19-11-9-14/h4-11,17H,12-13,18H2,1-3H3. The van der Waals surface area contributed by atoms with E-state index in [9.17, 15) is 0 Å². The molecule has 2 rings (SSSR count). The molecule has 2 N–H and O–H groups in total. The lowest BCUT2D eigenvalue weighted by molar-refractivity contribution is 0.242. The van der Waals surface area contributed by atoms with Gasteiger partial charge in [-0.25, -0.2) is 0 Å². The molecule has 1 atom stereocenters. The Hall–Kier alpha value is -1.91. The third kappa shape index (κ3) is 4.03. The maximum Gasteiger partial charge on any atom is 0.0470 e. The van der Waals surface area contributed by atoms with Gasteiger partial charge in [-0.1, -0.05) is 12.1 Å². The zero-order valence-electron chi connectivity index (χ0n) is 13.0. The van der Waals surface area contributed by atoms with Crippen molar-refractivity contribution in [2.24, 2.45) is 5.73 Å². The van der Waals surface area contributed by atoms with E-state index in [0.717, 1.165) is 6.54 Å². The maximum atomic E-state index is 5.99. The number of pyridine rings is 1. The van der Waals surface area contributed by atoms with Crippen molar-refractivity contribution < 1.29 is 0 Å². The van der Waals surface area contributed by atoms with Gasteiger partial charge in [0.1, 0.15) is 0 Å². The summed E-state index contributed by atoms with van der Waals surface area (Å²) in [4.78, 5) is 8.43. The van der Waals surface area contributed by atoms with E-state index in [2.05, 4.69) is 46.1 Å². The van der Waals surface area contributed by atoms with E-state index in [1.807, 2.05) is 38.6 Å². The first-order valence-electron chi connectivity index (χ1n) is 7.18. The number of anilines is 1. The van der Waals surface area contributed by atoms with Gasteiger partial charge in [0.05, 0.1) is 0 Å². The first kappa shape index (κ1) is 15.5. The van der Waals surface area contributed by atoms with Gasteiger partial charge in [0, 0.05) is 51.3 Å². The Bertz CT molecular complexity index is 536. The average molecular weight is 284 g/mol. The van der Waals surface area contributed by atoms with Gasteiger partial charge in [0.2, 0.25) is 0 Å². The third-order valence-corrected chi connectivity index (χ3v) is 3.73. The van der Waals surface area contributed by atoms with Crippen molar-refractivity contribution in [1.29, 1.82) is 0 Å². The zero-order chi connectivity index (χ0) is 15.2. The first-order valence-corrected chi connectivity index (χ1v) is 7.18. The molecular weight excluding hydrogens is 260 g/mol. The average Bonchev–Trinajstić information content (AvgIpc) is 2.49. The Morgan fingerprint density at radius 2 is 1.62 bits per heavy atom. The Balaban J connectivity index is 2.11. The molecule has 4 heteroatoms. The molecule has 0 amide bonds. The van der Waals surface area contributed by atoms with Crippen LogP contribution in [0, 0.1) is 0 Å². The fourth-order valence-corrected chi connectivity index (χ4v) is 2.45. The van der Waals surface area contributed by atoms with Crippen molar-refractivity contribution in [3.8, 4) is 0 Å². The second-order valence-corrected chi connectivity index (χ2v) is 5.51. The van der Waals surface area contributed by atoms with Gasteiger partial charge in [0.15, 0.2) is 0 Å². The van der Waals surface area contributed by atoms with E-state index in [0.29, 0.717) is 6.54 Å². The van der Waals surface area contributed by atoms with E-state index in [1.54, 1.807) is 0 Å². The molecule has 0 bridgehead atoms. The molecule has 0 radical (unpaired) electrons. The predicted molar refractivity (Wildman–Crippen MR) is 88.3 cm³/mol. The molecule has 0 fully saturated rings. The van der Waals surface area contributed by atoms with Gasteiger partial charge < -0.3 is 10.6 Å². The number of rotatable bonds is 6. The van der Waals surface area contributed by atoms with Crippen LogP contribution in [0.4, 0.5) is 5.69 Å². The minimum absolute atomic E-state index is 0.217. The topological polar surface area (TPSA) is 45.4 Å². The monoisotopic (exact) mass is 284 g/mol. The van der Waals surface area contributed by atoms with Gasteiger partial charge in [-0.2, -0.15) is 0 Å². The summed E-state index contributed by atoms with van der Waals surface area (Å²) in [5.41, 5.74) is 9.69. The van der Waals surface area contributed by atoms with Gasteiger partial charge in [-0.05, 0) is 42.4 Å².